The van der Waals surface area contributed by atoms with Gasteiger partial charge in [0.25, 0.3) is 0 Å². The molecule has 1 fully saturated rings. The molecule has 0 atom stereocenters. The second-order valence-corrected chi connectivity index (χ2v) is 6.49. The highest BCUT2D eigenvalue weighted by molar-refractivity contribution is 7.17. The van der Waals surface area contributed by atoms with Crippen LogP contribution in [-0.4, -0.2) is 49.6 Å². The monoisotopic (exact) mass is 274 g/mol. The van der Waals surface area contributed by atoms with Crippen LogP contribution >= 0.6 is 11.3 Å². The summed E-state index contributed by atoms with van der Waals surface area (Å²) in [4.78, 5) is 5.02. The smallest absolute Gasteiger partial charge is 0.0342 e. The van der Waals surface area contributed by atoms with E-state index in [1.54, 1.807) is 0 Å². The van der Waals surface area contributed by atoms with E-state index in [0.29, 0.717) is 0 Å². The number of likely N-dealkylation sites (N-methyl/N-ethyl adjacent to an activating group) is 1. The average molecular weight is 274 g/mol. The van der Waals surface area contributed by atoms with Crippen LogP contribution in [0.1, 0.15) is 12.0 Å². The van der Waals surface area contributed by atoms with Crippen molar-refractivity contribution in [1.82, 2.24) is 9.80 Å². The molecule has 2 heterocycles. The third-order valence-electron chi connectivity index (χ3n) is 4.05. The van der Waals surface area contributed by atoms with E-state index in [1.165, 1.54) is 61.2 Å². The molecule has 0 unspecified atom stereocenters. The third-order valence-corrected chi connectivity index (χ3v) is 4.95. The van der Waals surface area contributed by atoms with Crippen LogP contribution < -0.4 is 0 Å². The number of aryl methyl sites for hydroxylation is 1. The molecule has 2 aromatic rings. The third kappa shape index (κ3) is 3.35. The molecule has 0 radical (unpaired) electrons. The SMILES string of the molecule is CN1CCN(CCCc2ccc3sccc3c2)CC1. The van der Waals surface area contributed by atoms with Gasteiger partial charge in [-0.15, -0.1) is 11.3 Å². The minimum Gasteiger partial charge on any atom is -0.304 e. The molecule has 0 spiro atoms. The van der Waals surface area contributed by atoms with Crippen LogP contribution in [0.2, 0.25) is 0 Å². The van der Waals surface area contributed by atoms with Crippen LogP contribution in [-0.2, 0) is 6.42 Å². The number of fused-ring (bicyclic) bond motifs is 1. The van der Waals surface area contributed by atoms with E-state index < -0.39 is 0 Å². The summed E-state index contributed by atoms with van der Waals surface area (Å²) in [6, 6.07) is 9.15. The lowest BCUT2D eigenvalue weighted by Gasteiger charge is -2.32. The van der Waals surface area contributed by atoms with Crippen LogP contribution in [0.25, 0.3) is 10.1 Å². The molecule has 0 bridgehead atoms. The average Bonchev–Trinajstić information content (AvgIpc) is 2.88. The lowest BCUT2D eigenvalue weighted by Crippen LogP contribution is -2.44. The van der Waals surface area contributed by atoms with E-state index in [4.69, 9.17) is 0 Å². The number of benzene rings is 1. The first kappa shape index (κ1) is 13.1. The first-order valence-corrected chi connectivity index (χ1v) is 8.06. The Bertz CT molecular complexity index is 526. The molecular formula is C16H22N2S. The molecule has 19 heavy (non-hydrogen) atoms. The summed E-state index contributed by atoms with van der Waals surface area (Å²) >= 11 is 1.83. The quantitative estimate of drug-likeness (QED) is 0.845. The van der Waals surface area contributed by atoms with Gasteiger partial charge in [-0.05, 0) is 54.9 Å². The number of piperazine rings is 1. The Kier molecular flexibility index (Phi) is 4.16. The van der Waals surface area contributed by atoms with Crippen molar-refractivity contribution in [2.24, 2.45) is 0 Å². The maximum atomic E-state index is 2.60. The molecule has 2 nitrogen and oxygen atoms in total. The number of rotatable bonds is 4. The summed E-state index contributed by atoms with van der Waals surface area (Å²) in [6.45, 7) is 6.16. The Hall–Kier alpha value is -0.900. The lowest BCUT2D eigenvalue weighted by molar-refractivity contribution is 0.153. The van der Waals surface area contributed by atoms with Crippen molar-refractivity contribution in [3.63, 3.8) is 0 Å². The summed E-state index contributed by atoms with van der Waals surface area (Å²) in [5.41, 5.74) is 1.49. The maximum absolute atomic E-state index is 2.60. The molecule has 3 rings (SSSR count). The van der Waals surface area contributed by atoms with Gasteiger partial charge in [0.2, 0.25) is 0 Å². The summed E-state index contributed by atoms with van der Waals surface area (Å²) < 4.78 is 1.41. The van der Waals surface area contributed by atoms with Crippen molar-refractivity contribution in [2.45, 2.75) is 12.8 Å². The van der Waals surface area contributed by atoms with Crippen LogP contribution in [0.5, 0.6) is 0 Å². The molecule has 102 valence electrons. The van der Waals surface area contributed by atoms with Crippen LogP contribution in [0.4, 0.5) is 0 Å². The molecule has 0 amide bonds. The number of thiophene rings is 1. The Morgan fingerprint density at radius 3 is 2.79 bits per heavy atom. The van der Waals surface area contributed by atoms with Gasteiger partial charge in [-0.1, -0.05) is 12.1 Å². The zero-order valence-electron chi connectivity index (χ0n) is 11.6. The van der Waals surface area contributed by atoms with E-state index in [9.17, 15) is 0 Å². The van der Waals surface area contributed by atoms with Crippen molar-refractivity contribution >= 4 is 21.4 Å². The second kappa shape index (κ2) is 6.04. The van der Waals surface area contributed by atoms with E-state index in [-0.39, 0.29) is 0 Å². The fourth-order valence-corrected chi connectivity index (χ4v) is 3.52. The highest BCUT2D eigenvalue weighted by atomic mass is 32.1. The van der Waals surface area contributed by atoms with Gasteiger partial charge in [0, 0.05) is 30.9 Å². The van der Waals surface area contributed by atoms with Gasteiger partial charge in [-0.25, -0.2) is 0 Å². The van der Waals surface area contributed by atoms with Gasteiger partial charge >= 0.3 is 0 Å². The Labute approximate surface area is 119 Å². The Morgan fingerprint density at radius 1 is 1.11 bits per heavy atom. The van der Waals surface area contributed by atoms with Crippen LogP contribution in [0.15, 0.2) is 29.6 Å². The molecule has 1 aliphatic rings. The van der Waals surface area contributed by atoms with Crippen molar-refractivity contribution < 1.29 is 0 Å². The Morgan fingerprint density at radius 2 is 1.95 bits per heavy atom. The number of hydrogen-bond donors (Lipinski definition) is 0. The number of hydrogen-bond acceptors (Lipinski definition) is 3. The lowest BCUT2D eigenvalue weighted by atomic mass is 10.1. The minimum absolute atomic E-state index is 1.21. The summed E-state index contributed by atoms with van der Waals surface area (Å²) in [5.74, 6) is 0. The predicted molar refractivity (Wildman–Crippen MR) is 84.1 cm³/mol. The highest BCUT2D eigenvalue weighted by Crippen LogP contribution is 2.22. The second-order valence-electron chi connectivity index (χ2n) is 5.54. The standard InChI is InChI=1S/C16H22N2S/c1-17-8-10-18(11-9-17)7-2-3-14-4-5-16-15(13-14)6-12-19-16/h4-6,12-13H,2-3,7-11H2,1H3. The summed E-state index contributed by atoms with van der Waals surface area (Å²) in [7, 11) is 2.22. The van der Waals surface area contributed by atoms with E-state index >= 15 is 0 Å². The fraction of sp³-hybridized carbons (Fsp3) is 0.500. The minimum atomic E-state index is 1.21. The topological polar surface area (TPSA) is 6.48 Å². The number of nitrogens with zero attached hydrogens (tertiary/aromatic N) is 2. The first-order valence-electron chi connectivity index (χ1n) is 7.18. The van der Waals surface area contributed by atoms with Crippen molar-refractivity contribution in [3.05, 3.63) is 35.2 Å². The summed E-state index contributed by atoms with van der Waals surface area (Å²) in [6.07, 6.45) is 2.48. The molecule has 1 saturated heterocycles. The molecule has 0 aliphatic carbocycles. The molecule has 3 heteroatoms. The van der Waals surface area contributed by atoms with Gasteiger partial charge in [0.15, 0.2) is 0 Å². The fourth-order valence-electron chi connectivity index (χ4n) is 2.75. The zero-order valence-corrected chi connectivity index (χ0v) is 12.5. The molecule has 0 N–H and O–H groups in total. The highest BCUT2D eigenvalue weighted by Gasteiger charge is 2.12. The van der Waals surface area contributed by atoms with Gasteiger partial charge < -0.3 is 9.80 Å². The molecule has 1 aliphatic heterocycles. The van der Waals surface area contributed by atoms with Gasteiger partial charge in [0.1, 0.15) is 0 Å². The zero-order chi connectivity index (χ0) is 13.1. The van der Waals surface area contributed by atoms with Gasteiger partial charge in [0.05, 0.1) is 0 Å². The van der Waals surface area contributed by atoms with Crippen molar-refractivity contribution in [3.8, 4) is 0 Å². The molecule has 1 aromatic carbocycles. The molecular weight excluding hydrogens is 252 g/mol. The summed E-state index contributed by atoms with van der Waals surface area (Å²) in [5, 5.41) is 3.58. The Balaban J connectivity index is 1.49. The molecule has 0 saturated carbocycles. The molecule has 1 aromatic heterocycles. The van der Waals surface area contributed by atoms with E-state index in [2.05, 4.69) is 46.5 Å². The first-order chi connectivity index (χ1) is 9.31. The largest absolute Gasteiger partial charge is 0.304 e. The van der Waals surface area contributed by atoms with E-state index in [0.717, 1.165) is 0 Å². The van der Waals surface area contributed by atoms with Crippen molar-refractivity contribution in [1.29, 1.82) is 0 Å². The van der Waals surface area contributed by atoms with Gasteiger partial charge in [-0.3, -0.25) is 0 Å². The van der Waals surface area contributed by atoms with Crippen LogP contribution in [0.3, 0.4) is 0 Å². The van der Waals surface area contributed by atoms with Gasteiger partial charge in [-0.2, -0.15) is 0 Å². The van der Waals surface area contributed by atoms with Crippen molar-refractivity contribution in [2.75, 3.05) is 39.8 Å². The predicted octanol–water partition coefficient (Wildman–Crippen LogP) is 3.08. The van der Waals surface area contributed by atoms with Crippen LogP contribution in [0, 0.1) is 0 Å². The van der Waals surface area contributed by atoms with E-state index in [1.807, 2.05) is 11.3 Å². The maximum Gasteiger partial charge on any atom is 0.0342 e. The normalized spacial score (nSPS) is 18.2.